The van der Waals surface area contributed by atoms with Gasteiger partial charge in [0.05, 0.1) is 6.54 Å². The minimum Gasteiger partial charge on any atom is -0.480 e. The molecule has 10 heteroatoms. The fourth-order valence-electron chi connectivity index (χ4n) is 2.37. The molecule has 0 aliphatic heterocycles. The number of nitrogens with zero attached hydrogens (tertiary/aromatic N) is 1. The maximum atomic E-state index is 12.2. The van der Waals surface area contributed by atoms with E-state index in [4.69, 9.17) is 9.90 Å². The number of nitrogens with one attached hydrogen (secondary N) is 2. The van der Waals surface area contributed by atoms with E-state index >= 15 is 0 Å². The van der Waals surface area contributed by atoms with Gasteiger partial charge in [0.15, 0.2) is 10.0 Å². The predicted molar refractivity (Wildman–Crippen MR) is 151 cm³/mol. The second-order valence-corrected chi connectivity index (χ2v) is 10.4. The molecule has 190 valence electrons. The third-order valence-corrected chi connectivity index (χ3v) is 6.79. The van der Waals surface area contributed by atoms with Crippen LogP contribution in [0.2, 0.25) is 0 Å². The number of aliphatic carboxylic acids is 1. The van der Waals surface area contributed by atoms with Crippen LogP contribution in [0.25, 0.3) is 11.1 Å². The third-order valence-electron chi connectivity index (χ3n) is 3.95. The van der Waals surface area contributed by atoms with E-state index in [1.165, 1.54) is 22.1 Å². The van der Waals surface area contributed by atoms with Crippen molar-refractivity contribution in [3.8, 4) is 11.1 Å². The largest absolute Gasteiger partial charge is 0.480 e. The van der Waals surface area contributed by atoms with Crippen molar-refractivity contribution in [2.24, 2.45) is 0 Å². The van der Waals surface area contributed by atoms with E-state index in [0.29, 0.717) is 0 Å². The van der Waals surface area contributed by atoms with Crippen LogP contribution >= 0.6 is 22.6 Å². The SMILES string of the molecule is C=O.CCSC.CNCC(=O)O.Cc1ccc(NS(=O)Sc2cccnc2)cc1-c1ccccc1. The van der Waals surface area contributed by atoms with Crippen molar-refractivity contribution < 1.29 is 18.9 Å². The minimum absolute atomic E-state index is 0.0417. The van der Waals surface area contributed by atoms with Gasteiger partial charge in [-0.25, -0.2) is 4.21 Å². The van der Waals surface area contributed by atoms with E-state index < -0.39 is 16.0 Å². The summed E-state index contributed by atoms with van der Waals surface area (Å²) >= 11 is 1.86. The highest BCUT2D eigenvalue weighted by Crippen LogP contribution is 2.28. The molecule has 0 radical (unpaired) electrons. The Bertz CT molecular complexity index is 992. The van der Waals surface area contributed by atoms with E-state index in [1.807, 2.05) is 67.1 Å². The first-order valence-corrected chi connectivity index (χ1v) is 14.4. The van der Waals surface area contributed by atoms with Gasteiger partial charge in [-0.1, -0.05) is 43.3 Å². The lowest BCUT2D eigenvalue weighted by Gasteiger charge is -2.10. The number of anilines is 1. The maximum absolute atomic E-state index is 12.2. The Morgan fingerprint density at radius 2 is 1.77 bits per heavy atom. The Morgan fingerprint density at radius 1 is 1.11 bits per heavy atom. The molecule has 0 fully saturated rings. The quantitative estimate of drug-likeness (QED) is 0.333. The van der Waals surface area contributed by atoms with Gasteiger partial charge in [0, 0.05) is 23.0 Å². The summed E-state index contributed by atoms with van der Waals surface area (Å²) in [4.78, 5) is 22.4. The number of carbonyl (C=O) groups is 2. The van der Waals surface area contributed by atoms with Gasteiger partial charge in [0.1, 0.15) is 6.79 Å². The molecular weight excluding hydrogens is 502 g/mol. The molecule has 1 aromatic heterocycles. The highest BCUT2D eigenvalue weighted by Gasteiger charge is 2.07. The number of rotatable bonds is 8. The number of likely N-dealkylation sites (N-methyl/N-ethyl adjacent to an activating group) is 1. The standard InChI is InChI=1S/C18H16N2OS2.C3H7NO2.C3H8S.CH2O/c1-14-9-10-16(12-18(14)15-6-3-2-4-7-15)20-23(21)22-17-8-5-11-19-13-17;1-4-2-3(5)6;1-3-4-2;1-2/h2-13,20H,1H3;4H,2H2,1H3,(H,5,6);3H2,1-2H3;1H2. The molecule has 1 heterocycles. The molecule has 0 saturated carbocycles. The van der Waals surface area contributed by atoms with Gasteiger partial charge in [-0.2, -0.15) is 11.8 Å². The molecule has 0 saturated heterocycles. The molecule has 0 amide bonds. The number of pyridine rings is 1. The zero-order chi connectivity index (χ0) is 26.5. The number of hydrogen-bond donors (Lipinski definition) is 3. The Balaban J connectivity index is 0.000000810. The smallest absolute Gasteiger partial charge is 0.317 e. The van der Waals surface area contributed by atoms with Crippen molar-refractivity contribution in [2.45, 2.75) is 18.7 Å². The summed E-state index contributed by atoms with van der Waals surface area (Å²) < 4.78 is 15.3. The monoisotopic (exact) mass is 535 g/mol. The summed E-state index contributed by atoms with van der Waals surface area (Å²) in [5.74, 6) is 0.414. The molecule has 1 unspecified atom stereocenters. The van der Waals surface area contributed by atoms with Crippen molar-refractivity contribution >= 4 is 51.0 Å². The van der Waals surface area contributed by atoms with Crippen LogP contribution in [0.3, 0.4) is 0 Å². The summed E-state index contributed by atoms with van der Waals surface area (Å²) in [6.07, 6.45) is 5.50. The van der Waals surface area contributed by atoms with Crippen LogP contribution in [0, 0.1) is 6.92 Å². The number of carbonyl (C=O) groups excluding carboxylic acids is 1. The lowest BCUT2D eigenvalue weighted by Crippen LogP contribution is -2.16. The van der Waals surface area contributed by atoms with Crippen LogP contribution in [0.1, 0.15) is 12.5 Å². The average molecular weight is 536 g/mol. The fraction of sp³-hybridized carbons (Fsp3) is 0.240. The molecule has 2 aromatic carbocycles. The molecular formula is C25H33N3O4S3. The van der Waals surface area contributed by atoms with Gasteiger partial charge in [-0.05, 0) is 77.7 Å². The summed E-state index contributed by atoms with van der Waals surface area (Å²) in [6.45, 7) is 6.26. The Hall–Kier alpha value is -2.66. The Morgan fingerprint density at radius 3 is 2.26 bits per heavy atom. The van der Waals surface area contributed by atoms with E-state index in [2.05, 4.69) is 47.3 Å². The zero-order valence-corrected chi connectivity index (χ0v) is 22.8. The summed E-state index contributed by atoms with van der Waals surface area (Å²) in [6, 6.07) is 19.9. The first kappa shape index (κ1) is 32.3. The Labute approximate surface area is 218 Å². The number of benzene rings is 2. The van der Waals surface area contributed by atoms with Crippen molar-refractivity contribution in [1.29, 1.82) is 0 Å². The first-order valence-electron chi connectivity index (χ1n) is 10.5. The molecule has 1 atom stereocenters. The molecule has 3 aromatic rings. The highest BCUT2D eigenvalue weighted by molar-refractivity contribution is 8.69. The molecule has 35 heavy (non-hydrogen) atoms. The van der Waals surface area contributed by atoms with E-state index in [1.54, 1.807) is 19.4 Å². The molecule has 0 spiro atoms. The summed E-state index contributed by atoms with van der Waals surface area (Å²) in [5.41, 5.74) is 4.31. The van der Waals surface area contributed by atoms with Gasteiger partial charge in [-0.3, -0.25) is 14.5 Å². The topological polar surface area (TPSA) is 108 Å². The van der Waals surface area contributed by atoms with Crippen LogP contribution in [-0.2, 0) is 19.6 Å². The van der Waals surface area contributed by atoms with Gasteiger partial charge in [0.25, 0.3) is 0 Å². The van der Waals surface area contributed by atoms with Crippen molar-refractivity contribution in [2.75, 3.05) is 30.3 Å². The number of hydrogen-bond acceptors (Lipinski definition) is 7. The molecule has 3 N–H and O–H groups in total. The zero-order valence-electron chi connectivity index (χ0n) is 20.4. The van der Waals surface area contributed by atoms with Crippen LogP contribution in [0.15, 0.2) is 78.0 Å². The van der Waals surface area contributed by atoms with E-state index in [9.17, 15) is 9.00 Å². The molecule has 0 aliphatic carbocycles. The average Bonchev–Trinajstić information content (AvgIpc) is 2.88. The van der Waals surface area contributed by atoms with Gasteiger partial charge in [-0.15, -0.1) is 0 Å². The van der Waals surface area contributed by atoms with Crippen LogP contribution in [-0.4, -0.2) is 52.7 Å². The number of aryl methyl sites for hydroxylation is 1. The van der Waals surface area contributed by atoms with E-state index in [-0.39, 0.29) is 6.54 Å². The Kier molecular flexibility index (Phi) is 19.1. The number of aromatic nitrogens is 1. The van der Waals surface area contributed by atoms with Gasteiger partial charge >= 0.3 is 5.97 Å². The van der Waals surface area contributed by atoms with Crippen molar-refractivity contribution in [3.63, 3.8) is 0 Å². The molecule has 0 aliphatic rings. The molecule has 3 rings (SSSR count). The van der Waals surface area contributed by atoms with Crippen LogP contribution in [0.4, 0.5) is 5.69 Å². The normalized spacial score (nSPS) is 10.2. The van der Waals surface area contributed by atoms with Crippen LogP contribution < -0.4 is 10.0 Å². The maximum Gasteiger partial charge on any atom is 0.317 e. The summed E-state index contributed by atoms with van der Waals surface area (Å²) in [7, 11) is 1.57. The van der Waals surface area contributed by atoms with Gasteiger partial charge < -0.3 is 15.2 Å². The lowest BCUT2D eigenvalue weighted by molar-refractivity contribution is -0.135. The summed E-state index contributed by atoms with van der Waals surface area (Å²) in [5, 5.41) is 10.3. The van der Waals surface area contributed by atoms with Gasteiger partial charge in [0.2, 0.25) is 0 Å². The minimum atomic E-state index is -1.27. The number of carboxylic acids is 1. The van der Waals surface area contributed by atoms with Crippen molar-refractivity contribution in [1.82, 2.24) is 10.3 Å². The highest BCUT2D eigenvalue weighted by atomic mass is 33.1. The second kappa shape index (κ2) is 20.7. The molecule has 7 nitrogen and oxygen atoms in total. The second-order valence-electron chi connectivity index (χ2n) is 6.51. The first-order chi connectivity index (χ1) is 16.9. The fourth-order valence-corrected chi connectivity index (χ4v) is 4.37. The third kappa shape index (κ3) is 15.0. The van der Waals surface area contributed by atoms with E-state index in [0.717, 1.165) is 21.7 Å². The lowest BCUT2D eigenvalue weighted by atomic mass is 10.0. The molecule has 0 bridgehead atoms. The predicted octanol–water partition coefficient (Wildman–Crippen LogP) is 5.31. The van der Waals surface area contributed by atoms with Crippen LogP contribution in [0.5, 0.6) is 0 Å². The van der Waals surface area contributed by atoms with Crippen molar-refractivity contribution in [3.05, 3.63) is 78.6 Å². The number of carboxylic acid groups (broad SMARTS) is 1. The number of thioether (sulfide) groups is 1.